The molecular formula is C19H21F3N6O5. The van der Waals surface area contributed by atoms with Gasteiger partial charge in [0.1, 0.15) is 17.1 Å². The highest BCUT2D eigenvalue weighted by molar-refractivity contribution is 6.01. The molecule has 0 bridgehead atoms. The summed E-state index contributed by atoms with van der Waals surface area (Å²) >= 11 is 0. The summed E-state index contributed by atoms with van der Waals surface area (Å²) in [5.74, 6) is -0.829. The summed E-state index contributed by atoms with van der Waals surface area (Å²) in [4.78, 5) is 50.7. The Balaban J connectivity index is 1.75. The molecule has 1 saturated heterocycles. The van der Waals surface area contributed by atoms with Gasteiger partial charge in [-0.2, -0.15) is 13.2 Å². The van der Waals surface area contributed by atoms with Crippen LogP contribution >= 0.6 is 0 Å². The average molecular weight is 470 g/mol. The van der Waals surface area contributed by atoms with Gasteiger partial charge in [-0.25, -0.2) is 4.79 Å². The number of nitrogens with zero attached hydrogens (tertiary/aromatic N) is 5. The number of hydrogen-bond donors (Lipinski definition) is 1. The zero-order valence-corrected chi connectivity index (χ0v) is 17.8. The van der Waals surface area contributed by atoms with Gasteiger partial charge in [-0.3, -0.25) is 33.7 Å². The van der Waals surface area contributed by atoms with Crippen LogP contribution in [0.25, 0.3) is 0 Å². The Morgan fingerprint density at radius 1 is 1.12 bits per heavy atom. The van der Waals surface area contributed by atoms with Crippen LogP contribution in [0.4, 0.5) is 30.4 Å². The number of aromatic nitrogens is 2. The van der Waals surface area contributed by atoms with Crippen molar-refractivity contribution in [1.82, 2.24) is 14.0 Å². The van der Waals surface area contributed by atoms with Gasteiger partial charge in [-0.05, 0) is 12.1 Å². The summed E-state index contributed by atoms with van der Waals surface area (Å²) in [5.41, 5.74) is 2.31. The molecule has 0 amide bonds. The summed E-state index contributed by atoms with van der Waals surface area (Å²) in [6.07, 6.45) is -4.71. The molecule has 0 saturated carbocycles. The van der Waals surface area contributed by atoms with Gasteiger partial charge in [0.05, 0.1) is 17.0 Å². The van der Waals surface area contributed by atoms with Crippen molar-refractivity contribution in [3.8, 4) is 0 Å². The molecular weight excluding hydrogens is 449 g/mol. The third-order valence-corrected chi connectivity index (χ3v) is 5.57. The van der Waals surface area contributed by atoms with Crippen molar-refractivity contribution in [2.75, 3.05) is 43.4 Å². The fraction of sp³-hybridized carbons (Fsp3) is 0.421. The van der Waals surface area contributed by atoms with Crippen LogP contribution < -0.4 is 21.9 Å². The van der Waals surface area contributed by atoms with Gasteiger partial charge in [0.25, 0.3) is 11.2 Å². The molecule has 0 unspecified atom stereocenters. The van der Waals surface area contributed by atoms with Gasteiger partial charge in [0, 0.05) is 46.3 Å². The standard InChI is InChI=1S/C19H21F3N6O5/c1-24-16(23)15(17(30)25(2)18(24)31)14(29)10-26-5-7-27(8-6-26)12-4-3-11(19(20,21)22)9-13(12)28(32)33/h3-4,9H,5-8,10,23H2,1-2H3. The third-order valence-electron chi connectivity index (χ3n) is 5.57. The van der Waals surface area contributed by atoms with Crippen LogP contribution in [0.15, 0.2) is 27.8 Å². The number of nitro groups is 1. The Hall–Kier alpha value is -3.68. The molecule has 2 aromatic rings. The van der Waals surface area contributed by atoms with E-state index < -0.39 is 39.4 Å². The van der Waals surface area contributed by atoms with Gasteiger partial charge in [0.2, 0.25) is 0 Å². The van der Waals surface area contributed by atoms with E-state index in [0.717, 1.165) is 21.3 Å². The fourth-order valence-corrected chi connectivity index (χ4v) is 3.66. The highest BCUT2D eigenvalue weighted by atomic mass is 19.4. The summed E-state index contributed by atoms with van der Waals surface area (Å²) in [5, 5.41) is 11.3. The van der Waals surface area contributed by atoms with Crippen LogP contribution in [0, 0.1) is 10.1 Å². The van der Waals surface area contributed by atoms with Crippen LogP contribution in [-0.2, 0) is 20.3 Å². The largest absolute Gasteiger partial charge is 0.416 e. The Bertz CT molecular complexity index is 1230. The fourth-order valence-electron chi connectivity index (χ4n) is 3.66. The van der Waals surface area contributed by atoms with E-state index in [4.69, 9.17) is 5.73 Å². The van der Waals surface area contributed by atoms with E-state index in [9.17, 15) is 37.7 Å². The molecule has 11 nitrogen and oxygen atoms in total. The lowest BCUT2D eigenvalue weighted by atomic mass is 10.1. The second-order valence-corrected chi connectivity index (χ2v) is 7.61. The molecule has 2 N–H and O–H groups in total. The van der Waals surface area contributed by atoms with Gasteiger partial charge in [-0.1, -0.05) is 0 Å². The number of ketones is 1. The lowest BCUT2D eigenvalue weighted by molar-refractivity contribution is -0.384. The second kappa shape index (κ2) is 8.69. The van der Waals surface area contributed by atoms with Crippen molar-refractivity contribution >= 4 is 23.0 Å². The number of alkyl halides is 3. The molecule has 3 rings (SSSR count). The number of benzene rings is 1. The molecule has 33 heavy (non-hydrogen) atoms. The van der Waals surface area contributed by atoms with E-state index >= 15 is 0 Å². The van der Waals surface area contributed by atoms with Crippen LogP contribution in [0.3, 0.4) is 0 Å². The van der Waals surface area contributed by atoms with Gasteiger partial charge < -0.3 is 10.6 Å². The maximum absolute atomic E-state index is 12.9. The second-order valence-electron chi connectivity index (χ2n) is 7.61. The number of nitrogens with two attached hydrogens (primary N) is 1. The van der Waals surface area contributed by atoms with Crippen molar-refractivity contribution in [2.24, 2.45) is 14.1 Å². The van der Waals surface area contributed by atoms with E-state index in [1.165, 1.54) is 14.1 Å². The molecule has 1 aromatic heterocycles. The minimum Gasteiger partial charge on any atom is -0.384 e. The van der Waals surface area contributed by atoms with E-state index in [1.807, 2.05) is 0 Å². The predicted octanol–water partition coefficient (Wildman–Crippen LogP) is 0.598. The number of nitro benzene ring substituents is 1. The van der Waals surface area contributed by atoms with Crippen molar-refractivity contribution in [3.63, 3.8) is 0 Å². The molecule has 1 aliphatic rings. The van der Waals surface area contributed by atoms with Gasteiger partial charge in [-0.15, -0.1) is 0 Å². The van der Waals surface area contributed by atoms with Crippen molar-refractivity contribution < 1.29 is 22.9 Å². The SMILES string of the molecule is Cn1c(N)c(C(=O)CN2CCN(c3ccc(C(F)(F)F)cc3[N+](=O)[O-])CC2)c(=O)n(C)c1=O. The maximum atomic E-state index is 12.9. The van der Waals surface area contributed by atoms with Crippen molar-refractivity contribution in [2.45, 2.75) is 6.18 Å². The van der Waals surface area contributed by atoms with Gasteiger partial charge in [0.15, 0.2) is 5.78 Å². The monoisotopic (exact) mass is 470 g/mol. The molecule has 0 radical (unpaired) electrons. The number of halogens is 3. The number of piperazine rings is 1. The number of carbonyl (C=O) groups is 1. The highest BCUT2D eigenvalue weighted by Gasteiger charge is 2.34. The molecule has 2 heterocycles. The number of carbonyl (C=O) groups excluding carboxylic acids is 1. The lowest BCUT2D eigenvalue weighted by Crippen LogP contribution is -2.49. The first-order valence-electron chi connectivity index (χ1n) is 9.74. The highest BCUT2D eigenvalue weighted by Crippen LogP contribution is 2.36. The van der Waals surface area contributed by atoms with Crippen molar-refractivity contribution in [1.29, 1.82) is 0 Å². The smallest absolute Gasteiger partial charge is 0.384 e. The molecule has 14 heteroatoms. The zero-order chi connectivity index (χ0) is 24.7. The lowest BCUT2D eigenvalue weighted by Gasteiger charge is -2.35. The molecule has 1 aliphatic heterocycles. The Morgan fingerprint density at radius 2 is 1.73 bits per heavy atom. The van der Waals surface area contributed by atoms with Crippen LogP contribution in [0.1, 0.15) is 15.9 Å². The number of nitrogen functional groups attached to an aromatic ring is 1. The first kappa shape index (κ1) is 24.0. The molecule has 0 spiro atoms. The van der Waals surface area contributed by atoms with Crippen LogP contribution in [-0.4, -0.2) is 57.5 Å². The number of hydrogen-bond acceptors (Lipinski definition) is 8. The maximum Gasteiger partial charge on any atom is 0.416 e. The molecule has 1 aromatic carbocycles. The molecule has 0 atom stereocenters. The van der Waals surface area contributed by atoms with Crippen molar-refractivity contribution in [3.05, 3.63) is 60.3 Å². The first-order chi connectivity index (χ1) is 15.3. The van der Waals surface area contributed by atoms with Crippen LogP contribution in [0.5, 0.6) is 0 Å². The molecule has 178 valence electrons. The summed E-state index contributed by atoms with van der Waals surface area (Å²) in [6.45, 7) is 0.757. The topological polar surface area (TPSA) is 137 Å². The van der Waals surface area contributed by atoms with Crippen LogP contribution in [0.2, 0.25) is 0 Å². The normalized spacial score (nSPS) is 15.0. The Labute approximate surface area is 184 Å². The van der Waals surface area contributed by atoms with E-state index in [2.05, 4.69) is 0 Å². The third kappa shape index (κ3) is 4.60. The van der Waals surface area contributed by atoms with E-state index in [1.54, 1.807) is 9.80 Å². The Kier molecular flexibility index (Phi) is 6.31. The van der Waals surface area contributed by atoms with Gasteiger partial charge >= 0.3 is 11.9 Å². The predicted molar refractivity (Wildman–Crippen MR) is 112 cm³/mol. The summed E-state index contributed by atoms with van der Waals surface area (Å²) in [6, 6.07) is 2.36. The number of anilines is 2. The summed E-state index contributed by atoms with van der Waals surface area (Å²) in [7, 11) is 2.57. The Morgan fingerprint density at radius 3 is 2.27 bits per heavy atom. The van der Waals surface area contributed by atoms with E-state index in [-0.39, 0.29) is 49.8 Å². The number of Topliss-reactive ketones (excluding diaryl/α,β-unsaturated/α-hetero) is 1. The quantitative estimate of drug-likeness (QED) is 0.381. The molecule has 1 fully saturated rings. The number of rotatable bonds is 5. The minimum absolute atomic E-state index is 0.0511. The zero-order valence-electron chi connectivity index (χ0n) is 17.8. The first-order valence-corrected chi connectivity index (χ1v) is 9.74. The average Bonchev–Trinajstić information content (AvgIpc) is 2.76. The minimum atomic E-state index is -4.71. The summed E-state index contributed by atoms with van der Waals surface area (Å²) < 4.78 is 40.5. The molecule has 0 aliphatic carbocycles. The van der Waals surface area contributed by atoms with E-state index in [0.29, 0.717) is 6.07 Å².